The molecule has 2 amide bonds. The zero-order valence-electron chi connectivity index (χ0n) is 12.8. The maximum absolute atomic E-state index is 13.6. The second kappa shape index (κ2) is 5.81. The van der Waals surface area contributed by atoms with Crippen LogP contribution < -0.4 is 10.6 Å². The lowest BCUT2D eigenvalue weighted by Crippen LogP contribution is -2.20. The molecule has 0 fully saturated rings. The first-order valence-electron chi connectivity index (χ1n) is 7.74. The van der Waals surface area contributed by atoms with Crippen LogP contribution in [0.5, 0.6) is 0 Å². The van der Waals surface area contributed by atoms with Gasteiger partial charge in [0, 0.05) is 5.69 Å². The van der Waals surface area contributed by atoms with Crippen molar-refractivity contribution in [2.75, 3.05) is 10.6 Å². The topological polar surface area (TPSA) is 41.1 Å². The molecule has 0 heterocycles. The highest BCUT2D eigenvalue weighted by Gasteiger charge is 2.18. The number of amides is 2. The van der Waals surface area contributed by atoms with Crippen LogP contribution in [0.1, 0.15) is 11.1 Å². The summed E-state index contributed by atoms with van der Waals surface area (Å²) in [7, 11) is 0. The number of urea groups is 1. The molecule has 0 spiro atoms. The third-order valence-corrected chi connectivity index (χ3v) is 4.17. The number of anilines is 2. The van der Waals surface area contributed by atoms with Gasteiger partial charge in [-0.25, -0.2) is 9.18 Å². The second-order valence-corrected chi connectivity index (χ2v) is 5.76. The SMILES string of the molecule is O=C(Nc1ccc2c(c1)Cc1ccccc1-2)Nc1ccccc1F. The summed E-state index contributed by atoms with van der Waals surface area (Å²) < 4.78 is 13.6. The molecule has 4 rings (SSSR count). The number of fused-ring (bicyclic) bond motifs is 3. The third-order valence-electron chi connectivity index (χ3n) is 4.17. The van der Waals surface area contributed by atoms with E-state index < -0.39 is 11.8 Å². The molecule has 0 unspecified atom stereocenters. The van der Waals surface area contributed by atoms with Crippen LogP contribution in [0, 0.1) is 5.82 Å². The molecule has 0 bridgehead atoms. The Labute approximate surface area is 139 Å². The monoisotopic (exact) mass is 318 g/mol. The Hall–Kier alpha value is -3.14. The zero-order valence-corrected chi connectivity index (χ0v) is 12.8. The van der Waals surface area contributed by atoms with Crippen molar-refractivity contribution in [1.29, 1.82) is 0 Å². The average molecular weight is 318 g/mol. The summed E-state index contributed by atoms with van der Waals surface area (Å²) in [4.78, 5) is 12.1. The minimum atomic E-state index is -0.462. The Balaban J connectivity index is 1.52. The molecule has 2 N–H and O–H groups in total. The molecular weight excluding hydrogens is 303 g/mol. The lowest BCUT2D eigenvalue weighted by atomic mass is 10.1. The van der Waals surface area contributed by atoms with Crippen molar-refractivity contribution in [3.63, 3.8) is 0 Å². The van der Waals surface area contributed by atoms with E-state index >= 15 is 0 Å². The summed E-state index contributed by atoms with van der Waals surface area (Å²) in [5, 5.41) is 5.28. The third kappa shape index (κ3) is 2.63. The molecule has 0 aliphatic heterocycles. The predicted octanol–water partition coefficient (Wildman–Crippen LogP) is 5.04. The first kappa shape index (κ1) is 14.5. The summed E-state index contributed by atoms with van der Waals surface area (Å²) in [5.74, 6) is -0.461. The van der Waals surface area contributed by atoms with Gasteiger partial charge in [0.1, 0.15) is 5.82 Å². The zero-order chi connectivity index (χ0) is 16.5. The van der Waals surface area contributed by atoms with Gasteiger partial charge in [-0.1, -0.05) is 42.5 Å². The molecule has 0 saturated carbocycles. The average Bonchev–Trinajstić information content (AvgIpc) is 2.94. The fourth-order valence-corrected chi connectivity index (χ4v) is 3.07. The van der Waals surface area contributed by atoms with E-state index in [1.165, 1.54) is 34.4 Å². The number of halogens is 1. The fourth-order valence-electron chi connectivity index (χ4n) is 3.07. The van der Waals surface area contributed by atoms with E-state index in [2.05, 4.69) is 22.8 Å². The summed E-state index contributed by atoms with van der Waals surface area (Å²) >= 11 is 0. The van der Waals surface area contributed by atoms with Crippen LogP contribution >= 0.6 is 0 Å². The highest BCUT2D eigenvalue weighted by Crippen LogP contribution is 2.37. The largest absolute Gasteiger partial charge is 0.323 e. The molecule has 3 nitrogen and oxygen atoms in total. The van der Waals surface area contributed by atoms with Gasteiger partial charge < -0.3 is 10.6 Å². The lowest BCUT2D eigenvalue weighted by Gasteiger charge is -2.10. The molecule has 118 valence electrons. The standard InChI is InChI=1S/C20H15FN2O/c21-18-7-3-4-8-19(18)23-20(24)22-15-9-10-17-14(12-15)11-13-5-1-2-6-16(13)17/h1-10,12H,11H2,(H2,22,23,24). The van der Waals surface area contributed by atoms with E-state index in [-0.39, 0.29) is 5.69 Å². The number of carbonyl (C=O) groups excluding carboxylic acids is 1. The van der Waals surface area contributed by atoms with Crippen LogP contribution in [0.2, 0.25) is 0 Å². The molecular formula is C20H15FN2O. The van der Waals surface area contributed by atoms with Gasteiger partial charge in [0.05, 0.1) is 5.69 Å². The molecule has 1 aliphatic carbocycles. The van der Waals surface area contributed by atoms with E-state index in [1.807, 2.05) is 30.3 Å². The highest BCUT2D eigenvalue weighted by molar-refractivity contribution is 6.00. The molecule has 0 saturated heterocycles. The molecule has 0 aromatic heterocycles. The van der Waals surface area contributed by atoms with Gasteiger partial charge in [0.2, 0.25) is 0 Å². The molecule has 24 heavy (non-hydrogen) atoms. The van der Waals surface area contributed by atoms with Gasteiger partial charge in [-0.2, -0.15) is 0 Å². The number of benzene rings is 3. The van der Waals surface area contributed by atoms with Gasteiger partial charge in [-0.3, -0.25) is 0 Å². The van der Waals surface area contributed by atoms with E-state index in [0.29, 0.717) is 5.69 Å². The van der Waals surface area contributed by atoms with E-state index in [1.54, 1.807) is 12.1 Å². The minimum Gasteiger partial charge on any atom is -0.308 e. The highest BCUT2D eigenvalue weighted by atomic mass is 19.1. The fraction of sp³-hybridized carbons (Fsp3) is 0.0500. The number of carbonyl (C=O) groups is 1. The number of hydrogen-bond acceptors (Lipinski definition) is 1. The first-order valence-corrected chi connectivity index (χ1v) is 7.74. The minimum absolute atomic E-state index is 0.156. The Morgan fingerprint density at radius 2 is 1.58 bits per heavy atom. The Morgan fingerprint density at radius 3 is 2.46 bits per heavy atom. The first-order chi connectivity index (χ1) is 11.7. The summed E-state index contributed by atoms with van der Waals surface area (Å²) in [6.07, 6.45) is 0.857. The van der Waals surface area contributed by atoms with Gasteiger partial charge in [-0.15, -0.1) is 0 Å². The maximum atomic E-state index is 13.6. The van der Waals surface area contributed by atoms with Crippen molar-refractivity contribution in [3.05, 3.63) is 83.7 Å². The van der Waals surface area contributed by atoms with Gasteiger partial charge >= 0.3 is 6.03 Å². The molecule has 0 atom stereocenters. The number of para-hydroxylation sites is 1. The Kier molecular flexibility index (Phi) is 3.50. The van der Waals surface area contributed by atoms with E-state index in [4.69, 9.17) is 0 Å². The second-order valence-electron chi connectivity index (χ2n) is 5.76. The summed E-state index contributed by atoms with van der Waals surface area (Å²) in [6, 6.07) is 19.8. The van der Waals surface area contributed by atoms with Crippen molar-refractivity contribution in [2.24, 2.45) is 0 Å². The molecule has 0 radical (unpaired) electrons. The maximum Gasteiger partial charge on any atom is 0.323 e. The number of rotatable bonds is 2. The Bertz CT molecular complexity index is 936. The Morgan fingerprint density at radius 1 is 0.833 bits per heavy atom. The van der Waals surface area contributed by atoms with Crippen LogP contribution in [-0.4, -0.2) is 6.03 Å². The number of hydrogen-bond donors (Lipinski definition) is 2. The number of nitrogens with one attached hydrogen (secondary N) is 2. The van der Waals surface area contributed by atoms with Crippen molar-refractivity contribution in [2.45, 2.75) is 6.42 Å². The van der Waals surface area contributed by atoms with Crippen molar-refractivity contribution >= 4 is 17.4 Å². The summed E-state index contributed by atoms with van der Waals surface area (Å²) in [6.45, 7) is 0. The van der Waals surface area contributed by atoms with Crippen LogP contribution in [0.3, 0.4) is 0 Å². The smallest absolute Gasteiger partial charge is 0.308 e. The molecule has 3 aromatic carbocycles. The van der Waals surface area contributed by atoms with Crippen LogP contribution in [0.15, 0.2) is 66.7 Å². The van der Waals surface area contributed by atoms with Crippen LogP contribution in [0.4, 0.5) is 20.6 Å². The van der Waals surface area contributed by atoms with Crippen molar-refractivity contribution in [3.8, 4) is 11.1 Å². The molecule has 3 aromatic rings. The van der Waals surface area contributed by atoms with Crippen molar-refractivity contribution < 1.29 is 9.18 Å². The van der Waals surface area contributed by atoms with E-state index in [0.717, 1.165) is 6.42 Å². The summed E-state index contributed by atoms with van der Waals surface area (Å²) in [5.41, 5.74) is 5.76. The van der Waals surface area contributed by atoms with Crippen molar-refractivity contribution in [1.82, 2.24) is 0 Å². The van der Waals surface area contributed by atoms with Crippen LogP contribution in [0.25, 0.3) is 11.1 Å². The van der Waals surface area contributed by atoms with Gasteiger partial charge in [0.15, 0.2) is 0 Å². The lowest BCUT2D eigenvalue weighted by molar-refractivity contribution is 0.262. The normalized spacial score (nSPS) is 11.5. The van der Waals surface area contributed by atoms with E-state index in [9.17, 15) is 9.18 Å². The molecule has 4 heteroatoms. The predicted molar refractivity (Wildman–Crippen MR) is 93.7 cm³/mol. The van der Waals surface area contributed by atoms with Gasteiger partial charge in [0.25, 0.3) is 0 Å². The molecule has 1 aliphatic rings. The van der Waals surface area contributed by atoms with Gasteiger partial charge in [-0.05, 0) is 52.9 Å². The quantitative estimate of drug-likeness (QED) is 0.534. The van der Waals surface area contributed by atoms with Crippen LogP contribution in [-0.2, 0) is 6.42 Å².